The van der Waals surface area contributed by atoms with Gasteiger partial charge in [0.15, 0.2) is 11.5 Å². The first-order valence-corrected chi connectivity index (χ1v) is 8.55. The van der Waals surface area contributed by atoms with Gasteiger partial charge in [0, 0.05) is 18.2 Å². The zero-order valence-corrected chi connectivity index (χ0v) is 16.1. The van der Waals surface area contributed by atoms with E-state index in [1.807, 2.05) is 20.8 Å². The van der Waals surface area contributed by atoms with Crippen LogP contribution in [0.2, 0.25) is 0 Å². The molecule has 1 N–H and O–H groups in total. The van der Waals surface area contributed by atoms with Crippen molar-refractivity contribution in [3.05, 3.63) is 23.8 Å². The molecule has 0 aliphatic heterocycles. The SMILES string of the molecule is CCCCOc1ccc(C(=O)N(C)CC(=O)NC(C)(C)C)cc1OC. The summed E-state index contributed by atoms with van der Waals surface area (Å²) in [4.78, 5) is 25.9. The fourth-order valence-electron chi connectivity index (χ4n) is 2.21. The first kappa shape index (κ1) is 20.8. The highest BCUT2D eigenvalue weighted by atomic mass is 16.5. The first-order valence-electron chi connectivity index (χ1n) is 8.55. The summed E-state index contributed by atoms with van der Waals surface area (Å²) < 4.78 is 11.0. The molecule has 0 bridgehead atoms. The zero-order chi connectivity index (χ0) is 19.0. The third-order valence-electron chi connectivity index (χ3n) is 3.41. The normalized spacial score (nSPS) is 11.0. The van der Waals surface area contributed by atoms with Gasteiger partial charge in [0.05, 0.1) is 20.3 Å². The summed E-state index contributed by atoms with van der Waals surface area (Å²) in [7, 11) is 3.14. The quantitative estimate of drug-likeness (QED) is 0.732. The Kier molecular flexibility index (Phi) is 7.74. The van der Waals surface area contributed by atoms with Gasteiger partial charge >= 0.3 is 0 Å². The molecule has 2 amide bonds. The van der Waals surface area contributed by atoms with Gasteiger partial charge in [0.1, 0.15) is 0 Å². The van der Waals surface area contributed by atoms with E-state index in [0.717, 1.165) is 12.8 Å². The van der Waals surface area contributed by atoms with Crippen molar-refractivity contribution in [1.82, 2.24) is 10.2 Å². The third-order valence-corrected chi connectivity index (χ3v) is 3.41. The van der Waals surface area contributed by atoms with E-state index in [9.17, 15) is 9.59 Å². The second-order valence-electron chi connectivity index (χ2n) is 7.03. The number of unbranched alkanes of at least 4 members (excludes halogenated alkanes) is 1. The van der Waals surface area contributed by atoms with E-state index >= 15 is 0 Å². The summed E-state index contributed by atoms with van der Waals surface area (Å²) in [6, 6.07) is 5.05. The molecule has 0 radical (unpaired) electrons. The molecule has 25 heavy (non-hydrogen) atoms. The van der Waals surface area contributed by atoms with E-state index in [-0.39, 0.29) is 23.9 Å². The van der Waals surface area contributed by atoms with Crippen molar-refractivity contribution in [3.8, 4) is 11.5 Å². The van der Waals surface area contributed by atoms with Gasteiger partial charge < -0.3 is 19.7 Å². The van der Waals surface area contributed by atoms with Gasteiger partial charge in [-0.2, -0.15) is 0 Å². The number of ether oxygens (including phenoxy) is 2. The number of carbonyl (C=O) groups is 2. The molecule has 6 heteroatoms. The van der Waals surface area contributed by atoms with Crippen LogP contribution in [0.1, 0.15) is 50.9 Å². The number of amides is 2. The smallest absolute Gasteiger partial charge is 0.254 e. The average molecular weight is 350 g/mol. The molecule has 1 aromatic rings. The zero-order valence-electron chi connectivity index (χ0n) is 16.1. The van der Waals surface area contributed by atoms with Gasteiger partial charge in [0.2, 0.25) is 5.91 Å². The second-order valence-corrected chi connectivity index (χ2v) is 7.03. The van der Waals surface area contributed by atoms with Crippen LogP contribution in [-0.2, 0) is 4.79 Å². The van der Waals surface area contributed by atoms with Crippen LogP contribution in [0.5, 0.6) is 11.5 Å². The Morgan fingerprint density at radius 3 is 2.44 bits per heavy atom. The molecule has 0 spiro atoms. The van der Waals surface area contributed by atoms with E-state index in [2.05, 4.69) is 12.2 Å². The summed E-state index contributed by atoms with van der Waals surface area (Å²) in [6.45, 7) is 8.38. The largest absolute Gasteiger partial charge is 0.493 e. The van der Waals surface area contributed by atoms with E-state index in [1.54, 1.807) is 25.2 Å². The lowest BCUT2D eigenvalue weighted by Gasteiger charge is -2.23. The van der Waals surface area contributed by atoms with Gasteiger partial charge in [-0.15, -0.1) is 0 Å². The highest BCUT2D eigenvalue weighted by molar-refractivity contribution is 5.97. The van der Waals surface area contributed by atoms with Crippen LogP contribution in [0.3, 0.4) is 0 Å². The summed E-state index contributed by atoms with van der Waals surface area (Å²) in [6.07, 6.45) is 2.00. The number of likely N-dealkylation sites (N-methyl/N-ethyl adjacent to an activating group) is 1. The van der Waals surface area contributed by atoms with Gasteiger partial charge in [-0.05, 0) is 45.4 Å². The maximum Gasteiger partial charge on any atom is 0.254 e. The molecule has 0 atom stereocenters. The van der Waals surface area contributed by atoms with E-state index in [4.69, 9.17) is 9.47 Å². The predicted molar refractivity (Wildman–Crippen MR) is 98.3 cm³/mol. The van der Waals surface area contributed by atoms with Crippen molar-refractivity contribution < 1.29 is 19.1 Å². The van der Waals surface area contributed by atoms with Crippen LogP contribution in [0.25, 0.3) is 0 Å². The van der Waals surface area contributed by atoms with Crippen molar-refractivity contribution in [2.45, 2.75) is 46.1 Å². The molecule has 140 valence electrons. The Morgan fingerprint density at radius 2 is 1.88 bits per heavy atom. The summed E-state index contributed by atoms with van der Waals surface area (Å²) in [5.74, 6) is 0.674. The topological polar surface area (TPSA) is 67.9 Å². The molecule has 0 aliphatic rings. The van der Waals surface area contributed by atoms with Crippen LogP contribution in [0.15, 0.2) is 18.2 Å². The molecule has 1 rings (SSSR count). The number of methoxy groups -OCH3 is 1. The van der Waals surface area contributed by atoms with Crippen molar-refractivity contribution in [1.29, 1.82) is 0 Å². The Bertz CT molecular complexity index is 594. The summed E-state index contributed by atoms with van der Waals surface area (Å²) >= 11 is 0. The fourth-order valence-corrected chi connectivity index (χ4v) is 2.21. The Morgan fingerprint density at radius 1 is 1.20 bits per heavy atom. The first-order chi connectivity index (χ1) is 11.7. The number of rotatable bonds is 8. The number of hydrogen-bond acceptors (Lipinski definition) is 4. The van der Waals surface area contributed by atoms with E-state index in [1.165, 1.54) is 12.0 Å². The maximum absolute atomic E-state index is 12.5. The molecular formula is C19H30N2O4. The molecule has 0 aromatic heterocycles. The molecule has 0 fully saturated rings. The minimum absolute atomic E-state index is 0.00678. The number of hydrogen-bond donors (Lipinski definition) is 1. The summed E-state index contributed by atoms with van der Waals surface area (Å²) in [5, 5.41) is 2.84. The fraction of sp³-hybridized carbons (Fsp3) is 0.579. The lowest BCUT2D eigenvalue weighted by Crippen LogP contribution is -2.46. The third kappa shape index (κ3) is 7.03. The maximum atomic E-state index is 12.5. The second kappa shape index (κ2) is 9.30. The number of nitrogens with one attached hydrogen (secondary N) is 1. The monoisotopic (exact) mass is 350 g/mol. The van der Waals surface area contributed by atoms with Gasteiger partial charge in [0.25, 0.3) is 5.91 Å². The van der Waals surface area contributed by atoms with Crippen molar-refractivity contribution >= 4 is 11.8 Å². The van der Waals surface area contributed by atoms with Crippen LogP contribution >= 0.6 is 0 Å². The van der Waals surface area contributed by atoms with Crippen LogP contribution in [0, 0.1) is 0 Å². The molecule has 6 nitrogen and oxygen atoms in total. The Hall–Kier alpha value is -2.24. The highest BCUT2D eigenvalue weighted by Crippen LogP contribution is 2.28. The molecule has 0 saturated carbocycles. The number of benzene rings is 1. The van der Waals surface area contributed by atoms with Crippen molar-refractivity contribution in [2.24, 2.45) is 0 Å². The number of carbonyl (C=O) groups excluding carboxylic acids is 2. The lowest BCUT2D eigenvalue weighted by molar-refractivity contribution is -0.122. The highest BCUT2D eigenvalue weighted by Gasteiger charge is 2.20. The van der Waals surface area contributed by atoms with Crippen LogP contribution in [0.4, 0.5) is 0 Å². The standard InChI is InChI=1S/C19H30N2O4/c1-7-8-11-25-15-10-9-14(12-16(15)24-6)18(23)21(5)13-17(22)20-19(2,3)4/h9-10,12H,7-8,11,13H2,1-6H3,(H,20,22). The van der Waals surface area contributed by atoms with Crippen LogP contribution < -0.4 is 14.8 Å². The van der Waals surface area contributed by atoms with Crippen LogP contribution in [-0.4, -0.2) is 49.6 Å². The van der Waals surface area contributed by atoms with Crippen molar-refractivity contribution in [2.75, 3.05) is 27.3 Å². The molecule has 0 unspecified atom stereocenters. The minimum Gasteiger partial charge on any atom is -0.493 e. The molecule has 0 heterocycles. The number of nitrogens with zero attached hydrogens (tertiary/aromatic N) is 1. The molecule has 1 aromatic carbocycles. The summed E-state index contributed by atoms with van der Waals surface area (Å²) in [5.41, 5.74) is 0.118. The Labute approximate surface area is 150 Å². The van der Waals surface area contributed by atoms with Gasteiger partial charge in [-0.3, -0.25) is 9.59 Å². The van der Waals surface area contributed by atoms with E-state index in [0.29, 0.717) is 23.7 Å². The van der Waals surface area contributed by atoms with Crippen molar-refractivity contribution in [3.63, 3.8) is 0 Å². The van der Waals surface area contributed by atoms with Gasteiger partial charge in [-0.25, -0.2) is 0 Å². The predicted octanol–water partition coefficient (Wildman–Crippen LogP) is 2.86. The molecular weight excluding hydrogens is 320 g/mol. The lowest BCUT2D eigenvalue weighted by atomic mass is 10.1. The minimum atomic E-state index is -0.332. The van der Waals surface area contributed by atoms with E-state index < -0.39 is 0 Å². The average Bonchev–Trinajstić information content (AvgIpc) is 2.52. The molecule has 0 aliphatic carbocycles. The Balaban J connectivity index is 2.78. The van der Waals surface area contributed by atoms with Gasteiger partial charge in [-0.1, -0.05) is 13.3 Å². The molecule has 0 saturated heterocycles.